The third-order valence-electron chi connectivity index (χ3n) is 2.02. The van der Waals surface area contributed by atoms with E-state index in [4.69, 9.17) is 18.0 Å². The van der Waals surface area contributed by atoms with Crippen molar-refractivity contribution >= 4 is 8.80 Å². The molecule has 8 heteroatoms. The van der Waals surface area contributed by atoms with Gasteiger partial charge in [0.25, 0.3) is 0 Å². The van der Waals surface area contributed by atoms with Gasteiger partial charge in [0.15, 0.2) is 0 Å². The number of alkyl halides is 3. The standard InChI is InChI=1S/C8H17F3O4Si/c1-12-16(13-2,14-3)7-6-15-5-4-8(9,10)11/h4-7H2,1-3H3. The Balaban J connectivity index is 3.71. The lowest BCUT2D eigenvalue weighted by Crippen LogP contribution is -2.43. The highest BCUT2D eigenvalue weighted by Gasteiger charge is 2.37. The zero-order chi connectivity index (χ0) is 12.7. The van der Waals surface area contributed by atoms with Gasteiger partial charge < -0.3 is 18.0 Å². The summed E-state index contributed by atoms with van der Waals surface area (Å²) in [4.78, 5) is 0. The van der Waals surface area contributed by atoms with Crippen LogP contribution in [0.5, 0.6) is 0 Å². The molecule has 0 rings (SSSR count). The number of halogens is 3. The predicted molar refractivity (Wildman–Crippen MR) is 53.1 cm³/mol. The molecule has 98 valence electrons. The van der Waals surface area contributed by atoms with Gasteiger partial charge in [-0.3, -0.25) is 0 Å². The molecule has 0 amide bonds. The molecule has 0 saturated carbocycles. The molecule has 0 aliphatic heterocycles. The van der Waals surface area contributed by atoms with Gasteiger partial charge in [0.05, 0.1) is 19.6 Å². The molecule has 16 heavy (non-hydrogen) atoms. The summed E-state index contributed by atoms with van der Waals surface area (Å²) in [6.45, 7) is -0.233. The molecule has 0 heterocycles. The maximum absolute atomic E-state index is 11.8. The molecular weight excluding hydrogens is 245 g/mol. The third kappa shape index (κ3) is 6.43. The number of ether oxygens (including phenoxy) is 1. The Bertz CT molecular complexity index is 176. The summed E-state index contributed by atoms with van der Waals surface area (Å²) in [5.74, 6) is 0. The van der Waals surface area contributed by atoms with Crippen LogP contribution in [0.15, 0.2) is 0 Å². The summed E-state index contributed by atoms with van der Waals surface area (Å²) in [6, 6.07) is 0.328. The van der Waals surface area contributed by atoms with E-state index in [0.717, 1.165) is 0 Å². The summed E-state index contributed by atoms with van der Waals surface area (Å²) < 4.78 is 55.4. The smallest absolute Gasteiger partial charge is 0.381 e. The average Bonchev–Trinajstić information content (AvgIpc) is 2.23. The predicted octanol–water partition coefficient (Wildman–Crippen LogP) is 1.83. The second-order valence-electron chi connectivity index (χ2n) is 3.02. The molecule has 0 atom stereocenters. The van der Waals surface area contributed by atoms with Crippen LogP contribution in [0.4, 0.5) is 13.2 Å². The van der Waals surface area contributed by atoms with Crippen LogP contribution in [-0.4, -0.2) is 49.5 Å². The average molecular weight is 262 g/mol. The first kappa shape index (κ1) is 15.8. The van der Waals surface area contributed by atoms with E-state index in [-0.39, 0.29) is 13.2 Å². The Morgan fingerprint density at radius 1 is 0.938 bits per heavy atom. The van der Waals surface area contributed by atoms with E-state index >= 15 is 0 Å². The lowest BCUT2D eigenvalue weighted by Gasteiger charge is -2.24. The van der Waals surface area contributed by atoms with E-state index in [2.05, 4.69) is 0 Å². The Morgan fingerprint density at radius 3 is 1.81 bits per heavy atom. The van der Waals surface area contributed by atoms with E-state index < -0.39 is 21.4 Å². The fraction of sp³-hybridized carbons (Fsp3) is 1.00. The fourth-order valence-corrected chi connectivity index (χ4v) is 2.55. The topological polar surface area (TPSA) is 36.9 Å². The van der Waals surface area contributed by atoms with Gasteiger partial charge in [-0.05, 0) is 0 Å². The largest absolute Gasteiger partial charge is 0.502 e. The highest BCUT2D eigenvalue weighted by atomic mass is 28.4. The summed E-state index contributed by atoms with van der Waals surface area (Å²) in [5.41, 5.74) is 0. The van der Waals surface area contributed by atoms with Crippen LogP contribution in [0.3, 0.4) is 0 Å². The van der Waals surface area contributed by atoms with Crippen LogP contribution >= 0.6 is 0 Å². The maximum Gasteiger partial charge on any atom is 0.502 e. The van der Waals surface area contributed by atoms with Crippen molar-refractivity contribution in [1.29, 1.82) is 0 Å². The third-order valence-corrected chi connectivity index (χ3v) is 4.70. The number of rotatable bonds is 8. The monoisotopic (exact) mass is 262 g/mol. The van der Waals surface area contributed by atoms with Crippen LogP contribution in [0.25, 0.3) is 0 Å². The van der Waals surface area contributed by atoms with Crippen LogP contribution in [0.2, 0.25) is 6.04 Å². The summed E-state index contributed by atoms with van der Waals surface area (Å²) in [6.07, 6.45) is -5.13. The first-order valence-electron chi connectivity index (χ1n) is 4.69. The molecule has 0 N–H and O–H groups in total. The van der Waals surface area contributed by atoms with E-state index in [9.17, 15) is 13.2 Å². The van der Waals surface area contributed by atoms with Crippen molar-refractivity contribution in [2.45, 2.75) is 18.6 Å². The second-order valence-corrected chi connectivity index (χ2v) is 6.11. The minimum atomic E-state index is -4.18. The van der Waals surface area contributed by atoms with Gasteiger partial charge in [-0.2, -0.15) is 13.2 Å². The molecule has 0 bridgehead atoms. The SMILES string of the molecule is CO[Si](CCOCCC(F)(F)F)(OC)OC. The van der Waals surface area contributed by atoms with Gasteiger partial charge in [0.1, 0.15) is 0 Å². The van der Waals surface area contributed by atoms with Crippen LogP contribution in [0, 0.1) is 0 Å². The molecule has 0 unspecified atom stereocenters. The highest BCUT2D eigenvalue weighted by Crippen LogP contribution is 2.19. The van der Waals surface area contributed by atoms with Crippen molar-refractivity contribution in [3.8, 4) is 0 Å². The lowest BCUT2D eigenvalue weighted by atomic mass is 10.4. The molecule has 0 aromatic rings. The number of hydrogen-bond donors (Lipinski definition) is 0. The van der Waals surface area contributed by atoms with Crippen molar-refractivity contribution < 1.29 is 31.2 Å². The molecule has 0 aliphatic rings. The van der Waals surface area contributed by atoms with Crippen molar-refractivity contribution in [2.24, 2.45) is 0 Å². The highest BCUT2D eigenvalue weighted by molar-refractivity contribution is 6.60. The first-order chi connectivity index (χ1) is 7.39. The normalized spacial score (nSPS) is 13.1. The van der Waals surface area contributed by atoms with E-state index in [0.29, 0.717) is 6.04 Å². The van der Waals surface area contributed by atoms with Gasteiger partial charge >= 0.3 is 15.0 Å². The minimum absolute atomic E-state index is 0.123. The molecule has 0 saturated heterocycles. The van der Waals surface area contributed by atoms with E-state index in [1.54, 1.807) is 0 Å². The maximum atomic E-state index is 11.8. The molecule has 0 aromatic heterocycles. The van der Waals surface area contributed by atoms with Crippen molar-refractivity contribution in [3.05, 3.63) is 0 Å². The van der Waals surface area contributed by atoms with Crippen molar-refractivity contribution in [1.82, 2.24) is 0 Å². The van der Waals surface area contributed by atoms with Crippen molar-refractivity contribution in [3.63, 3.8) is 0 Å². The fourth-order valence-electron chi connectivity index (χ4n) is 1.04. The van der Waals surface area contributed by atoms with Crippen molar-refractivity contribution in [2.75, 3.05) is 34.5 Å². The zero-order valence-corrected chi connectivity index (χ0v) is 10.6. The Morgan fingerprint density at radius 2 is 1.44 bits per heavy atom. The first-order valence-corrected chi connectivity index (χ1v) is 6.62. The van der Waals surface area contributed by atoms with E-state index in [1.807, 2.05) is 0 Å². The Labute approximate surface area is 94.0 Å². The molecule has 0 spiro atoms. The van der Waals surface area contributed by atoms with Gasteiger partial charge in [-0.1, -0.05) is 0 Å². The summed E-state index contributed by atoms with van der Waals surface area (Å²) in [5, 5.41) is 0. The van der Waals surface area contributed by atoms with Gasteiger partial charge in [-0.15, -0.1) is 0 Å². The molecule has 0 aliphatic carbocycles. The van der Waals surface area contributed by atoms with Crippen LogP contribution in [-0.2, 0) is 18.0 Å². The molecule has 0 fully saturated rings. The molecule has 0 aromatic carbocycles. The Hall–Kier alpha value is -0.153. The Kier molecular flexibility index (Phi) is 7.16. The van der Waals surface area contributed by atoms with E-state index in [1.165, 1.54) is 21.3 Å². The molecular formula is C8H17F3O4Si. The van der Waals surface area contributed by atoms with Gasteiger partial charge in [0.2, 0.25) is 0 Å². The minimum Gasteiger partial charge on any atom is -0.381 e. The second kappa shape index (κ2) is 7.23. The quantitative estimate of drug-likeness (QED) is 0.494. The van der Waals surface area contributed by atoms with Gasteiger partial charge in [0, 0.05) is 27.4 Å². The summed E-state index contributed by atoms with van der Waals surface area (Å²) >= 11 is 0. The summed E-state index contributed by atoms with van der Waals surface area (Å²) in [7, 11) is 1.60. The lowest BCUT2D eigenvalue weighted by molar-refractivity contribution is -0.144. The zero-order valence-electron chi connectivity index (χ0n) is 9.60. The number of hydrogen-bond acceptors (Lipinski definition) is 4. The van der Waals surface area contributed by atoms with Crippen LogP contribution < -0.4 is 0 Å². The van der Waals surface area contributed by atoms with Gasteiger partial charge in [-0.25, -0.2) is 0 Å². The molecule has 4 nitrogen and oxygen atoms in total. The molecule has 0 radical (unpaired) electrons. The van der Waals surface area contributed by atoms with Crippen LogP contribution in [0.1, 0.15) is 6.42 Å².